The molecule has 18 heavy (non-hydrogen) atoms. The summed E-state index contributed by atoms with van der Waals surface area (Å²) in [4.78, 5) is 13.8. The smallest absolute Gasteiger partial charge is 0.242 e. The summed E-state index contributed by atoms with van der Waals surface area (Å²) in [5.74, 6) is 0.827. The number of likely N-dealkylation sites (N-methyl/N-ethyl adjacent to an activating group) is 1. The number of nitrogens with two attached hydrogens (primary N) is 1. The SMILES string of the molecule is COc1ccc(C)cc1CN(C)C(=O)C1(N)CC1. The zero-order chi connectivity index (χ0) is 13.3. The van der Waals surface area contributed by atoms with E-state index in [9.17, 15) is 4.79 Å². The topological polar surface area (TPSA) is 55.6 Å². The molecular formula is C14H20N2O2. The standard InChI is InChI=1S/C14H20N2O2/c1-10-4-5-12(18-3)11(8-10)9-16(2)13(17)14(15)6-7-14/h4-5,8H,6-7,9,15H2,1-3H3. The Morgan fingerprint density at radius 3 is 2.72 bits per heavy atom. The van der Waals surface area contributed by atoms with Gasteiger partial charge < -0.3 is 15.4 Å². The van der Waals surface area contributed by atoms with Crippen LogP contribution in [0.1, 0.15) is 24.0 Å². The number of nitrogens with zero attached hydrogens (tertiary/aromatic N) is 1. The highest BCUT2D eigenvalue weighted by Gasteiger charge is 2.47. The van der Waals surface area contributed by atoms with Crippen molar-refractivity contribution in [1.82, 2.24) is 4.90 Å². The minimum absolute atomic E-state index is 0.0195. The van der Waals surface area contributed by atoms with Crippen LogP contribution in [-0.4, -0.2) is 30.5 Å². The summed E-state index contributed by atoms with van der Waals surface area (Å²) in [6, 6.07) is 5.96. The summed E-state index contributed by atoms with van der Waals surface area (Å²) in [6.07, 6.45) is 1.59. The first kappa shape index (κ1) is 12.9. The average Bonchev–Trinajstić information content (AvgIpc) is 3.08. The Labute approximate surface area is 108 Å². The van der Waals surface area contributed by atoms with Crippen LogP contribution in [0, 0.1) is 6.92 Å². The Hall–Kier alpha value is -1.55. The van der Waals surface area contributed by atoms with E-state index in [2.05, 4.69) is 0 Å². The maximum absolute atomic E-state index is 12.1. The highest BCUT2D eigenvalue weighted by molar-refractivity contribution is 5.88. The molecule has 0 atom stereocenters. The molecule has 0 unspecified atom stereocenters. The Morgan fingerprint density at radius 2 is 2.17 bits per heavy atom. The fourth-order valence-corrected chi connectivity index (χ4v) is 2.09. The van der Waals surface area contributed by atoms with E-state index in [4.69, 9.17) is 10.5 Å². The van der Waals surface area contributed by atoms with Gasteiger partial charge in [-0.15, -0.1) is 0 Å². The Kier molecular flexibility index (Phi) is 3.30. The molecule has 1 aliphatic rings. The summed E-state index contributed by atoms with van der Waals surface area (Å²) in [7, 11) is 3.43. The van der Waals surface area contributed by atoms with Gasteiger partial charge in [0.2, 0.25) is 5.91 Å². The predicted octanol–water partition coefficient (Wildman–Crippen LogP) is 1.45. The van der Waals surface area contributed by atoms with Crippen molar-refractivity contribution < 1.29 is 9.53 Å². The van der Waals surface area contributed by atoms with Gasteiger partial charge in [0.25, 0.3) is 0 Å². The molecule has 0 saturated heterocycles. The maximum Gasteiger partial charge on any atom is 0.242 e. The Bertz CT molecular complexity index is 467. The molecule has 1 amide bonds. The highest BCUT2D eigenvalue weighted by Crippen LogP contribution is 2.34. The van der Waals surface area contributed by atoms with Crippen molar-refractivity contribution in [2.45, 2.75) is 31.8 Å². The van der Waals surface area contributed by atoms with Crippen LogP contribution in [-0.2, 0) is 11.3 Å². The number of hydrogen-bond donors (Lipinski definition) is 1. The average molecular weight is 248 g/mol. The lowest BCUT2D eigenvalue weighted by Gasteiger charge is -2.22. The number of rotatable bonds is 4. The van der Waals surface area contributed by atoms with Crippen molar-refractivity contribution in [1.29, 1.82) is 0 Å². The van der Waals surface area contributed by atoms with Crippen LogP contribution in [0.5, 0.6) is 5.75 Å². The largest absolute Gasteiger partial charge is 0.496 e. The number of carbonyl (C=O) groups is 1. The third kappa shape index (κ3) is 2.48. The maximum atomic E-state index is 12.1. The van der Waals surface area contributed by atoms with Gasteiger partial charge in [-0.2, -0.15) is 0 Å². The van der Waals surface area contributed by atoms with E-state index in [0.717, 1.165) is 29.7 Å². The molecule has 0 aromatic heterocycles. The molecule has 1 saturated carbocycles. The summed E-state index contributed by atoms with van der Waals surface area (Å²) >= 11 is 0. The molecule has 0 spiro atoms. The zero-order valence-corrected chi connectivity index (χ0v) is 11.2. The minimum atomic E-state index is -0.605. The van der Waals surface area contributed by atoms with Crippen molar-refractivity contribution in [3.63, 3.8) is 0 Å². The second kappa shape index (κ2) is 4.61. The molecule has 4 heteroatoms. The Balaban J connectivity index is 2.13. The molecule has 4 nitrogen and oxygen atoms in total. The van der Waals surface area contributed by atoms with Gasteiger partial charge in [0, 0.05) is 19.2 Å². The van der Waals surface area contributed by atoms with E-state index in [1.54, 1.807) is 19.1 Å². The van der Waals surface area contributed by atoms with Gasteiger partial charge in [-0.05, 0) is 25.8 Å². The molecule has 1 aliphatic carbocycles. The summed E-state index contributed by atoms with van der Waals surface area (Å²) < 4.78 is 5.31. The number of amides is 1. The fourth-order valence-electron chi connectivity index (χ4n) is 2.09. The van der Waals surface area contributed by atoms with Crippen LogP contribution in [0.25, 0.3) is 0 Å². The quantitative estimate of drug-likeness (QED) is 0.877. The van der Waals surface area contributed by atoms with Crippen LogP contribution >= 0.6 is 0 Å². The van der Waals surface area contributed by atoms with Crippen molar-refractivity contribution in [3.8, 4) is 5.75 Å². The van der Waals surface area contributed by atoms with Gasteiger partial charge in [0.05, 0.1) is 12.6 Å². The molecule has 1 aromatic rings. The van der Waals surface area contributed by atoms with Crippen LogP contribution in [0.2, 0.25) is 0 Å². The molecule has 0 aliphatic heterocycles. The number of methoxy groups -OCH3 is 1. The highest BCUT2D eigenvalue weighted by atomic mass is 16.5. The van der Waals surface area contributed by atoms with Crippen LogP contribution in [0.15, 0.2) is 18.2 Å². The third-order valence-corrected chi connectivity index (χ3v) is 3.40. The summed E-state index contributed by atoms with van der Waals surface area (Å²) in [6.45, 7) is 2.55. The van der Waals surface area contributed by atoms with E-state index in [-0.39, 0.29) is 5.91 Å². The van der Waals surface area contributed by atoms with Gasteiger partial charge >= 0.3 is 0 Å². The van der Waals surface area contributed by atoms with E-state index < -0.39 is 5.54 Å². The lowest BCUT2D eigenvalue weighted by molar-refractivity contribution is -0.132. The van der Waals surface area contributed by atoms with Crippen molar-refractivity contribution in [2.24, 2.45) is 5.73 Å². The molecule has 1 aromatic carbocycles. The minimum Gasteiger partial charge on any atom is -0.496 e. The second-order valence-electron chi connectivity index (χ2n) is 5.13. The number of hydrogen-bond acceptors (Lipinski definition) is 3. The normalized spacial score (nSPS) is 16.2. The van der Waals surface area contributed by atoms with E-state index in [1.165, 1.54) is 0 Å². The monoisotopic (exact) mass is 248 g/mol. The lowest BCUT2D eigenvalue weighted by atomic mass is 10.1. The predicted molar refractivity (Wildman–Crippen MR) is 70.4 cm³/mol. The van der Waals surface area contributed by atoms with Crippen LogP contribution in [0.3, 0.4) is 0 Å². The lowest BCUT2D eigenvalue weighted by Crippen LogP contribution is -2.43. The van der Waals surface area contributed by atoms with Crippen LogP contribution < -0.4 is 10.5 Å². The van der Waals surface area contributed by atoms with E-state index in [0.29, 0.717) is 6.54 Å². The van der Waals surface area contributed by atoms with Crippen molar-refractivity contribution in [2.75, 3.05) is 14.2 Å². The van der Waals surface area contributed by atoms with Gasteiger partial charge in [0.1, 0.15) is 5.75 Å². The molecule has 2 rings (SSSR count). The number of carbonyl (C=O) groups excluding carboxylic acids is 1. The van der Waals surface area contributed by atoms with Gasteiger partial charge in [-0.1, -0.05) is 17.7 Å². The zero-order valence-electron chi connectivity index (χ0n) is 11.2. The summed E-state index contributed by atoms with van der Waals surface area (Å²) in [5.41, 5.74) is 7.48. The fraction of sp³-hybridized carbons (Fsp3) is 0.500. The first-order valence-electron chi connectivity index (χ1n) is 6.14. The second-order valence-corrected chi connectivity index (χ2v) is 5.13. The van der Waals surface area contributed by atoms with Gasteiger partial charge in [-0.25, -0.2) is 0 Å². The summed E-state index contributed by atoms with van der Waals surface area (Å²) in [5, 5.41) is 0. The molecule has 0 heterocycles. The Morgan fingerprint density at radius 1 is 1.50 bits per heavy atom. The molecule has 2 N–H and O–H groups in total. The number of benzene rings is 1. The first-order chi connectivity index (χ1) is 8.46. The van der Waals surface area contributed by atoms with E-state index in [1.807, 2.05) is 25.1 Å². The first-order valence-corrected chi connectivity index (χ1v) is 6.14. The molecule has 1 fully saturated rings. The molecule has 0 bridgehead atoms. The van der Waals surface area contributed by atoms with Gasteiger partial charge in [0.15, 0.2) is 0 Å². The van der Waals surface area contributed by atoms with Crippen molar-refractivity contribution in [3.05, 3.63) is 29.3 Å². The number of ether oxygens (including phenoxy) is 1. The molecule has 98 valence electrons. The van der Waals surface area contributed by atoms with Gasteiger partial charge in [-0.3, -0.25) is 4.79 Å². The molecular weight excluding hydrogens is 228 g/mol. The van der Waals surface area contributed by atoms with Crippen LogP contribution in [0.4, 0.5) is 0 Å². The molecule has 0 radical (unpaired) electrons. The van der Waals surface area contributed by atoms with E-state index >= 15 is 0 Å². The third-order valence-electron chi connectivity index (χ3n) is 3.40. The number of aryl methyl sites for hydroxylation is 1. The van der Waals surface area contributed by atoms with Crippen molar-refractivity contribution >= 4 is 5.91 Å².